The summed E-state index contributed by atoms with van der Waals surface area (Å²) < 4.78 is 7.35. The van der Waals surface area contributed by atoms with Crippen molar-refractivity contribution in [3.05, 3.63) is 48.5 Å². The summed E-state index contributed by atoms with van der Waals surface area (Å²) in [5, 5.41) is 20.1. The fourth-order valence-corrected chi connectivity index (χ4v) is 3.32. The van der Waals surface area contributed by atoms with Crippen molar-refractivity contribution in [2.45, 2.75) is 31.7 Å². The highest BCUT2D eigenvalue weighted by Crippen LogP contribution is 2.38. The molecule has 0 radical (unpaired) electrons. The zero-order valence-corrected chi connectivity index (χ0v) is 15.3. The summed E-state index contributed by atoms with van der Waals surface area (Å²) in [5.41, 5.74) is 0.660. The Bertz CT molecular complexity index is 952. The van der Waals surface area contributed by atoms with Crippen LogP contribution in [0, 0.1) is 0 Å². The van der Waals surface area contributed by atoms with Gasteiger partial charge in [0, 0.05) is 18.2 Å². The van der Waals surface area contributed by atoms with Gasteiger partial charge in [-0.15, -0.1) is 10.2 Å². The third-order valence-electron chi connectivity index (χ3n) is 4.67. The minimum absolute atomic E-state index is 0.0663. The average Bonchev–Trinajstić information content (AvgIpc) is 3.10. The smallest absolute Gasteiger partial charge is 0.404 e. The highest BCUT2D eigenvalue weighted by atomic mass is 16.5. The molecule has 0 unspecified atom stereocenters. The molecule has 1 saturated carbocycles. The van der Waals surface area contributed by atoms with Gasteiger partial charge >= 0.3 is 6.09 Å². The quantitative estimate of drug-likeness (QED) is 0.675. The van der Waals surface area contributed by atoms with Gasteiger partial charge in [-0.3, -0.25) is 4.57 Å². The second-order valence-corrected chi connectivity index (χ2v) is 6.53. The molecule has 9 nitrogen and oxygen atoms in total. The number of nitrogens with one attached hydrogen (secondary N) is 1. The zero-order chi connectivity index (χ0) is 19.5. The van der Waals surface area contributed by atoms with E-state index in [9.17, 15) is 4.79 Å². The molecule has 3 aromatic rings. The first kappa shape index (κ1) is 17.9. The van der Waals surface area contributed by atoms with Gasteiger partial charge < -0.3 is 15.2 Å². The molecule has 0 saturated heterocycles. The van der Waals surface area contributed by atoms with Crippen molar-refractivity contribution < 1.29 is 14.6 Å². The molecule has 0 aliphatic heterocycles. The molecule has 9 heteroatoms. The van der Waals surface area contributed by atoms with E-state index in [2.05, 4.69) is 25.5 Å². The first-order valence-corrected chi connectivity index (χ1v) is 9.11. The summed E-state index contributed by atoms with van der Waals surface area (Å²) in [7, 11) is 0. The third-order valence-corrected chi connectivity index (χ3v) is 4.67. The summed E-state index contributed by atoms with van der Waals surface area (Å²) in [5.74, 6) is 2.84. The normalized spacial score (nSPS) is 18.3. The molecule has 0 bridgehead atoms. The SMILES string of the molecule is CCOc1ccc(-c2nnc(C3CC(NC(=O)O)C3)n2-c2ccccn2)nc1. The van der Waals surface area contributed by atoms with E-state index in [4.69, 9.17) is 9.84 Å². The van der Waals surface area contributed by atoms with E-state index in [1.165, 1.54) is 0 Å². The molecule has 1 aliphatic carbocycles. The number of amides is 1. The predicted molar refractivity (Wildman–Crippen MR) is 100 cm³/mol. The lowest BCUT2D eigenvalue weighted by Crippen LogP contribution is -2.43. The predicted octanol–water partition coefficient (Wildman–Crippen LogP) is 2.64. The van der Waals surface area contributed by atoms with E-state index < -0.39 is 6.09 Å². The van der Waals surface area contributed by atoms with Gasteiger partial charge in [-0.05, 0) is 44.0 Å². The second-order valence-electron chi connectivity index (χ2n) is 6.53. The van der Waals surface area contributed by atoms with Crippen LogP contribution in [-0.4, -0.2) is 48.6 Å². The molecule has 0 spiro atoms. The lowest BCUT2D eigenvalue weighted by molar-refractivity contribution is 0.176. The molecule has 28 heavy (non-hydrogen) atoms. The number of nitrogens with zero attached hydrogens (tertiary/aromatic N) is 5. The Balaban J connectivity index is 1.68. The van der Waals surface area contributed by atoms with Crippen LogP contribution < -0.4 is 10.1 Å². The van der Waals surface area contributed by atoms with Gasteiger partial charge in [0.2, 0.25) is 0 Å². The van der Waals surface area contributed by atoms with E-state index in [-0.39, 0.29) is 12.0 Å². The maximum absolute atomic E-state index is 10.8. The summed E-state index contributed by atoms with van der Waals surface area (Å²) in [6, 6.07) is 9.25. The van der Waals surface area contributed by atoms with Crippen LogP contribution in [0.25, 0.3) is 17.3 Å². The Kier molecular flexibility index (Phi) is 4.88. The average molecular weight is 380 g/mol. The number of aromatic nitrogens is 5. The number of carbonyl (C=O) groups is 1. The van der Waals surface area contributed by atoms with Crippen LogP contribution in [0.3, 0.4) is 0 Å². The molecule has 3 heterocycles. The lowest BCUT2D eigenvalue weighted by Gasteiger charge is -2.34. The molecule has 2 N–H and O–H groups in total. The minimum atomic E-state index is -1.01. The van der Waals surface area contributed by atoms with Gasteiger partial charge in [-0.2, -0.15) is 0 Å². The lowest BCUT2D eigenvalue weighted by atomic mass is 9.79. The van der Waals surface area contributed by atoms with Gasteiger partial charge in [0.1, 0.15) is 23.1 Å². The van der Waals surface area contributed by atoms with Gasteiger partial charge in [0.25, 0.3) is 0 Å². The summed E-state index contributed by atoms with van der Waals surface area (Å²) in [4.78, 5) is 19.7. The zero-order valence-electron chi connectivity index (χ0n) is 15.3. The molecule has 1 aliphatic rings. The molecule has 1 amide bonds. The summed E-state index contributed by atoms with van der Waals surface area (Å²) in [6.45, 7) is 2.49. The van der Waals surface area contributed by atoms with Crippen molar-refractivity contribution in [2.75, 3.05) is 6.61 Å². The van der Waals surface area contributed by atoms with Crippen LogP contribution in [0.1, 0.15) is 31.5 Å². The van der Waals surface area contributed by atoms with E-state index in [1.807, 2.05) is 41.8 Å². The number of hydrogen-bond acceptors (Lipinski definition) is 6. The molecule has 1 fully saturated rings. The van der Waals surface area contributed by atoms with Crippen LogP contribution in [0.4, 0.5) is 4.79 Å². The molecule has 144 valence electrons. The van der Waals surface area contributed by atoms with Crippen molar-refractivity contribution in [1.29, 1.82) is 0 Å². The van der Waals surface area contributed by atoms with Gasteiger partial charge in [0.05, 0.1) is 12.8 Å². The van der Waals surface area contributed by atoms with Crippen LogP contribution in [0.2, 0.25) is 0 Å². The number of carboxylic acid groups (broad SMARTS) is 1. The standard InChI is InChI=1S/C19H20N6O3/c1-2-28-14-6-7-15(21-11-14)18-24-23-17(12-9-13(10-12)22-19(26)27)25(18)16-5-3-4-8-20-16/h3-8,11-13,22H,2,9-10H2,1H3,(H,26,27). The Morgan fingerprint density at radius 1 is 1.25 bits per heavy atom. The van der Waals surface area contributed by atoms with Crippen molar-refractivity contribution in [3.8, 4) is 23.1 Å². The fourth-order valence-electron chi connectivity index (χ4n) is 3.32. The first-order chi connectivity index (χ1) is 13.7. The van der Waals surface area contributed by atoms with Crippen LogP contribution in [-0.2, 0) is 0 Å². The van der Waals surface area contributed by atoms with Gasteiger partial charge in [0.15, 0.2) is 5.82 Å². The van der Waals surface area contributed by atoms with Crippen molar-refractivity contribution >= 4 is 6.09 Å². The molecular formula is C19H20N6O3. The van der Waals surface area contributed by atoms with E-state index >= 15 is 0 Å². The van der Waals surface area contributed by atoms with Gasteiger partial charge in [-0.1, -0.05) is 6.07 Å². The topological polar surface area (TPSA) is 115 Å². The highest BCUT2D eigenvalue weighted by molar-refractivity contribution is 5.65. The monoisotopic (exact) mass is 380 g/mol. The fraction of sp³-hybridized carbons (Fsp3) is 0.316. The molecule has 4 rings (SSSR count). The van der Waals surface area contributed by atoms with Crippen molar-refractivity contribution in [3.63, 3.8) is 0 Å². The highest BCUT2D eigenvalue weighted by Gasteiger charge is 2.36. The largest absolute Gasteiger partial charge is 0.492 e. The van der Waals surface area contributed by atoms with E-state index in [1.54, 1.807) is 12.4 Å². The Labute approximate surface area is 161 Å². The van der Waals surface area contributed by atoms with Crippen LogP contribution in [0.15, 0.2) is 42.7 Å². The number of hydrogen-bond donors (Lipinski definition) is 2. The minimum Gasteiger partial charge on any atom is -0.492 e. The second kappa shape index (κ2) is 7.63. The Morgan fingerprint density at radius 3 is 2.75 bits per heavy atom. The first-order valence-electron chi connectivity index (χ1n) is 9.11. The summed E-state index contributed by atoms with van der Waals surface area (Å²) in [6.07, 6.45) is 3.71. The number of ether oxygens (including phenoxy) is 1. The summed E-state index contributed by atoms with van der Waals surface area (Å²) >= 11 is 0. The molecule has 3 aromatic heterocycles. The maximum Gasteiger partial charge on any atom is 0.404 e. The Hall–Kier alpha value is -3.49. The number of rotatable bonds is 6. The van der Waals surface area contributed by atoms with Crippen LogP contribution >= 0.6 is 0 Å². The van der Waals surface area contributed by atoms with Crippen molar-refractivity contribution in [1.82, 2.24) is 30.0 Å². The molecule has 0 atom stereocenters. The molecule has 0 aromatic carbocycles. The van der Waals surface area contributed by atoms with Crippen LogP contribution in [0.5, 0.6) is 5.75 Å². The van der Waals surface area contributed by atoms with E-state index in [0.29, 0.717) is 42.5 Å². The van der Waals surface area contributed by atoms with Crippen molar-refractivity contribution in [2.24, 2.45) is 0 Å². The van der Waals surface area contributed by atoms with E-state index in [0.717, 1.165) is 5.82 Å². The molecular weight excluding hydrogens is 360 g/mol. The Morgan fingerprint density at radius 2 is 2.11 bits per heavy atom. The third kappa shape index (κ3) is 3.51. The van der Waals surface area contributed by atoms with Gasteiger partial charge in [-0.25, -0.2) is 14.8 Å². The maximum atomic E-state index is 10.8. The number of pyridine rings is 2.